The Balaban J connectivity index is 1.69. The van der Waals surface area contributed by atoms with Gasteiger partial charge < -0.3 is 0 Å². The molecule has 0 N–H and O–H groups in total. The number of aryl methyl sites for hydroxylation is 1. The highest BCUT2D eigenvalue weighted by Gasteiger charge is 2.50. The second-order valence-electron chi connectivity index (χ2n) is 6.25. The van der Waals surface area contributed by atoms with Gasteiger partial charge in [-0.05, 0) is 36.8 Å². The van der Waals surface area contributed by atoms with E-state index in [0.717, 1.165) is 15.4 Å². The third-order valence-corrected chi connectivity index (χ3v) is 5.08. The zero-order valence-corrected chi connectivity index (χ0v) is 14.5. The number of anilines is 1. The van der Waals surface area contributed by atoms with Crippen LogP contribution in [0.1, 0.15) is 32.7 Å². The van der Waals surface area contributed by atoms with E-state index in [2.05, 4.69) is 0 Å². The lowest BCUT2D eigenvalue weighted by Gasteiger charge is -2.21. The second kappa shape index (κ2) is 5.78. The summed E-state index contributed by atoms with van der Waals surface area (Å²) in [5.41, 5.74) is 1.63. The van der Waals surface area contributed by atoms with Gasteiger partial charge in [-0.2, -0.15) is 0 Å². The molecule has 0 saturated carbocycles. The molecule has 2 heterocycles. The van der Waals surface area contributed by atoms with E-state index in [0.29, 0.717) is 10.7 Å². The summed E-state index contributed by atoms with van der Waals surface area (Å²) in [7, 11) is 0. The highest BCUT2D eigenvalue weighted by molar-refractivity contribution is 6.32. The summed E-state index contributed by atoms with van der Waals surface area (Å²) < 4.78 is 0. The van der Waals surface area contributed by atoms with Crippen molar-refractivity contribution in [3.05, 3.63) is 64.2 Å². The van der Waals surface area contributed by atoms with Gasteiger partial charge in [0, 0.05) is 5.02 Å². The molecular formula is C19H13ClN2O4. The fourth-order valence-electron chi connectivity index (χ4n) is 3.30. The summed E-state index contributed by atoms with van der Waals surface area (Å²) in [5.74, 6) is -2.19. The Kier molecular flexibility index (Phi) is 3.66. The number of amides is 4. The first-order chi connectivity index (χ1) is 12.4. The molecule has 1 atom stereocenters. The number of nitrogens with zero attached hydrogens (tertiary/aromatic N) is 2. The van der Waals surface area contributed by atoms with Crippen molar-refractivity contribution in [3.8, 4) is 0 Å². The maximum absolute atomic E-state index is 12.9. The first-order valence-corrected chi connectivity index (χ1v) is 8.38. The van der Waals surface area contributed by atoms with E-state index < -0.39 is 29.7 Å². The van der Waals surface area contributed by atoms with Gasteiger partial charge in [-0.1, -0.05) is 29.8 Å². The number of hydrogen-bond acceptors (Lipinski definition) is 4. The largest absolute Gasteiger partial charge is 0.274 e. The molecule has 0 spiro atoms. The molecule has 26 heavy (non-hydrogen) atoms. The van der Waals surface area contributed by atoms with Crippen LogP contribution in [0.5, 0.6) is 0 Å². The summed E-state index contributed by atoms with van der Waals surface area (Å²) >= 11 is 6.09. The number of benzene rings is 2. The molecule has 0 aromatic heterocycles. The molecule has 7 heteroatoms. The lowest BCUT2D eigenvalue weighted by molar-refractivity contribution is -0.122. The Morgan fingerprint density at radius 3 is 2.15 bits per heavy atom. The number of halogens is 1. The highest BCUT2D eigenvalue weighted by atomic mass is 35.5. The van der Waals surface area contributed by atoms with Crippen LogP contribution < -0.4 is 4.90 Å². The zero-order chi connectivity index (χ0) is 18.6. The zero-order valence-electron chi connectivity index (χ0n) is 13.7. The van der Waals surface area contributed by atoms with E-state index >= 15 is 0 Å². The molecule has 0 radical (unpaired) electrons. The second-order valence-corrected chi connectivity index (χ2v) is 6.65. The van der Waals surface area contributed by atoms with Crippen LogP contribution in [0.2, 0.25) is 5.02 Å². The first kappa shape index (κ1) is 16.5. The normalized spacial score (nSPS) is 19.5. The lowest BCUT2D eigenvalue weighted by Crippen LogP contribution is -2.45. The molecule has 130 valence electrons. The van der Waals surface area contributed by atoms with E-state index in [9.17, 15) is 19.2 Å². The lowest BCUT2D eigenvalue weighted by atomic mass is 10.1. The minimum absolute atomic E-state index is 0.240. The van der Waals surface area contributed by atoms with Gasteiger partial charge in [0.25, 0.3) is 17.7 Å². The van der Waals surface area contributed by atoms with Crippen molar-refractivity contribution < 1.29 is 19.2 Å². The van der Waals surface area contributed by atoms with Gasteiger partial charge in [0.05, 0.1) is 23.2 Å². The molecule has 2 aromatic carbocycles. The van der Waals surface area contributed by atoms with Crippen molar-refractivity contribution in [3.63, 3.8) is 0 Å². The van der Waals surface area contributed by atoms with Crippen molar-refractivity contribution in [2.75, 3.05) is 4.90 Å². The molecule has 2 aliphatic rings. The average Bonchev–Trinajstić information content (AvgIpc) is 3.04. The van der Waals surface area contributed by atoms with E-state index in [1.165, 1.54) is 18.2 Å². The topological polar surface area (TPSA) is 74.8 Å². The van der Waals surface area contributed by atoms with Gasteiger partial charge in [-0.25, -0.2) is 4.90 Å². The standard InChI is InChI=1S/C19H13ClN2O4/c1-10-6-7-11(8-14(10)20)21-16(23)9-15(19(21)26)22-17(24)12-4-2-3-5-13(12)18(22)25/h2-8,15H,9H2,1H3. The summed E-state index contributed by atoms with van der Waals surface area (Å²) in [4.78, 5) is 52.4. The van der Waals surface area contributed by atoms with Crippen LogP contribution in [0.4, 0.5) is 5.69 Å². The van der Waals surface area contributed by atoms with Gasteiger partial charge in [-0.15, -0.1) is 0 Å². The fourth-order valence-corrected chi connectivity index (χ4v) is 3.48. The maximum atomic E-state index is 12.9. The SMILES string of the molecule is Cc1ccc(N2C(=O)CC(N3C(=O)c4ccccc4C3=O)C2=O)cc1Cl. The highest BCUT2D eigenvalue weighted by Crippen LogP contribution is 2.32. The van der Waals surface area contributed by atoms with Crippen LogP contribution in [0.25, 0.3) is 0 Å². The Morgan fingerprint density at radius 1 is 0.962 bits per heavy atom. The molecule has 1 unspecified atom stereocenters. The monoisotopic (exact) mass is 368 g/mol. The summed E-state index contributed by atoms with van der Waals surface area (Å²) in [6.45, 7) is 1.81. The molecule has 2 aromatic rings. The summed E-state index contributed by atoms with van der Waals surface area (Å²) in [6, 6.07) is 10.1. The van der Waals surface area contributed by atoms with Crippen molar-refractivity contribution in [2.24, 2.45) is 0 Å². The number of imide groups is 2. The third kappa shape index (κ3) is 2.26. The van der Waals surface area contributed by atoms with E-state index in [1.807, 2.05) is 0 Å². The number of hydrogen-bond donors (Lipinski definition) is 0. The number of carbonyl (C=O) groups excluding carboxylic acids is 4. The van der Waals surface area contributed by atoms with Crippen LogP contribution in [0.3, 0.4) is 0 Å². The Hall–Kier alpha value is -2.99. The molecule has 0 bridgehead atoms. The van der Waals surface area contributed by atoms with Crippen LogP contribution in [-0.4, -0.2) is 34.6 Å². The predicted molar refractivity (Wildman–Crippen MR) is 94.0 cm³/mol. The molecule has 1 saturated heterocycles. The first-order valence-electron chi connectivity index (χ1n) is 8.00. The van der Waals surface area contributed by atoms with E-state index in [1.54, 1.807) is 31.2 Å². The van der Waals surface area contributed by atoms with Gasteiger partial charge in [0.2, 0.25) is 5.91 Å². The number of rotatable bonds is 2. The van der Waals surface area contributed by atoms with E-state index in [4.69, 9.17) is 11.6 Å². The van der Waals surface area contributed by atoms with Gasteiger partial charge in [0.1, 0.15) is 6.04 Å². The minimum atomic E-state index is -1.14. The van der Waals surface area contributed by atoms with Crippen LogP contribution in [0.15, 0.2) is 42.5 Å². The smallest absolute Gasteiger partial charge is 0.262 e. The number of carbonyl (C=O) groups is 4. The maximum Gasteiger partial charge on any atom is 0.262 e. The molecular weight excluding hydrogens is 356 g/mol. The van der Waals surface area contributed by atoms with Crippen molar-refractivity contribution >= 4 is 40.9 Å². The fraction of sp³-hybridized carbons (Fsp3) is 0.158. The van der Waals surface area contributed by atoms with Crippen LogP contribution in [0, 0.1) is 6.92 Å². The average molecular weight is 369 g/mol. The molecule has 2 aliphatic heterocycles. The number of fused-ring (bicyclic) bond motifs is 1. The van der Waals surface area contributed by atoms with Crippen molar-refractivity contribution in [1.82, 2.24) is 4.90 Å². The Labute approximate surface area is 154 Å². The molecule has 4 amide bonds. The summed E-state index contributed by atoms with van der Waals surface area (Å²) in [6.07, 6.45) is -0.240. The Morgan fingerprint density at radius 2 is 1.58 bits per heavy atom. The Bertz CT molecular complexity index is 966. The molecule has 4 rings (SSSR count). The minimum Gasteiger partial charge on any atom is -0.274 e. The van der Waals surface area contributed by atoms with Crippen LogP contribution in [-0.2, 0) is 9.59 Å². The molecule has 1 fully saturated rings. The quantitative estimate of drug-likeness (QED) is 0.763. The van der Waals surface area contributed by atoms with Crippen LogP contribution >= 0.6 is 11.6 Å². The summed E-state index contributed by atoms with van der Waals surface area (Å²) in [5, 5.41) is 0.423. The van der Waals surface area contributed by atoms with Gasteiger partial charge >= 0.3 is 0 Å². The van der Waals surface area contributed by atoms with Crippen molar-refractivity contribution in [1.29, 1.82) is 0 Å². The van der Waals surface area contributed by atoms with Crippen molar-refractivity contribution in [2.45, 2.75) is 19.4 Å². The van der Waals surface area contributed by atoms with E-state index in [-0.39, 0.29) is 17.5 Å². The molecule has 6 nitrogen and oxygen atoms in total. The predicted octanol–water partition coefficient (Wildman–Crippen LogP) is 2.58. The van der Waals surface area contributed by atoms with Gasteiger partial charge in [-0.3, -0.25) is 24.1 Å². The van der Waals surface area contributed by atoms with Gasteiger partial charge in [0.15, 0.2) is 0 Å². The third-order valence-electron chi connectivity index (χ3n) is 4.67. The molecule has 0 aliphatic carbocycles.